The number of phenols is 10. The van der Waals surface area contributed by atoms with Gasteiger partial charge in [-0.15, -0.1) is 0 Å². The molecule has 20 nitrogen and oxygen atoms in total. The van der Waals surface area contributed by atoms with Gasteiger partial charge in [0, 0.05) is 17.7 Å². The third-order valence-corrected chi connectivity index (χ3v) is 8.27. The summed E-state index contributed by atoms with van der Waals surface area (Å²) in [6.45, 7) is -0.940. The Bertz CT molecular complexity index is 2350. The molecular formula is C35H28O20. The molecule has 6 rings (SSSR count). The van der Waals surface area contributed by atoms with Gasteiger partial charge in [0.05, 0.1) is 11.1 Å². The summed E-state index contributed by atoms with van der Waals surface area (Å²) in [6.07, 6.45) is -10.5. The lowest BCUT2D eigenvalue weighted by molar-refractivity contribution is -0.276. The van der Waals surface area contributed by atoms with Crippen molar-refractivity contribution >= 4 is 22.9 Å². The van der Waals surface area contributed by atoms with Crippen molar-refractivity contribution in [1.29, 1.82) is 0 Å². The second-order valence-corrected chi connectivity index (χ2v) is 12.0. The van der Waals surface area contributed by atoms with Crippen LogP contribution in [0.3, 0.4) is 0 Å². The Morgan fingerprint density at radius 3 is 1.82 bits per heavy atom. The van der Waals surface area contributed by atoms with Gasteiger partial charge in [0.25, 0.3) is 0 Å². The fourth-order valence-electron chi connectivity index (χ4n) is 5.49. The summed E-state index contributed by atoms with van der Waals surface area (Å²) in [6, 6.07) is 7.64. The quantitative estimate of drug-likeness (QED) is 0.0784. The number of ether oxygens (including phenoxy) is 4. The first-order valence-corrected chi connectivity index (χ1v) is 15.6. The Hall–Kier alpha value is -7.29. The van der Waals surface area contributed by atoms with Crippen molar-refractivity contribution in [2.45, 2.75) is 30.7 Å². The van der Waals surface area contributed by atoms with E-state index >= 15 is 0 Å². The van der Waals surface area contributed by atoms with Gasteiger partial charge in [0.2, 0.25) is 17.5 Å². The SMILES string of the molecule is O=C(OCC1OC(Oc2c(-c3ccc(O)c(O)c3)oc3cc(O)cc(O)c3c2=O)C(OC(=O)c2cc(O)c(O)c(O)c2)C(O)C1O)c1cc(O)c(O)c(O)c1. The van der Waals surface area contributed by atoms with Crippen molar-refractivity contribution in [3.63, 3.8) is 0 Å². The topological polar surface area (TPSA) is 344 Å². The highest BCUT2D eigenvalue weighted by Crippen LogP contribution is 2.41. The van der Waals surface area contributed by atoms with Gasteiger partial charge in [0.15, 0.2) is 57.9 Å². The molecule has 1 saturated heterocycles. The minimum absolute atomic E-state index is 0.169. The number of carbonyl (C=O) groups excluding carboxylic acids is 2. The van der Waals surface area contributed by atoms with Crippen LogP contribution < -0.4 is 10.2 Å². The normalized spacial score (nSPS) is 19.5. The Morgan fingerprint density at radius 2 is 1.24 bits per heavy atom. The third-order valence-electron chi connectivity index (χ3n) is 8.27. The molecule has 5 aromatic rings. The maximum atomic E-state index is 14.0. The van der Waals surface area contributed by atoms with Crippen molar-refractivity contribution in [1.82, 2.24) is 0 Å². The lowest BCUT2D eigenvalue weighted by Crippen LogP contribution is -2.61. The summed E-state index contributed by atoms with van der Waals surface area (Å²) >= 11 is 0. The Kier molecular flexibility index (Phi) is 9.72. The van der Waals surface area contributed by atoms with Crippen LogP contribution in [0.25, 0.3) is 22.3 Å². The van der Waals surface area contributed by atoms with Crippen molar-refractivity contribution < 1.29 is 94.2 Å². The van der Waals surface area contributed by atoms with Gasteiger partial charge in [-0.3, -0.25) is 4.79 Å². The van der Waals surface area contributed by atoms with E-state index in [0.29, 0.717) is 12.1 Å². The molecule has 4 aromatic carbocycles. The molecule has 1 aromatic heterocycles. The van der Waals surface area contributed by atoms with E-state index in [4.69, 9.17) is 23.4 Å². The van der Waals surface area contributed by atoms with Crippen molar-refractivity contribution in [3.05, 3.63) is 75.9 Å². The monoisotopic (exact) mass is 768 g/mol. The largest absolute Gasteiger partial charge is 0.508 e. The van der Waals surface area contributed by atoms with Crippen LogP contribution in [0.5, 0.6) is 63.2 Å². The molecule has 0 spiro atoms. The van der Waals surface area contributed by atoms with E-state index in [1.54, 1.807) is 0 Å². The maximum Gasteiger partial charge on any atom is 0.339 e. The molecule has 0 radical (unpaired) electrons. The van der Waals surface area contributed by atoms with Crippen LogP contribution >= 0.6 is 0 Å². The fraction of sp³-hybridized carbons (Fsp3) is 0.171. The lowest BCUT2D eigenvalue weighted by Gasteiger charge is -2.41. The van der Waals surface area contributed by atoms with E-state index in [1.807, 2.05) is 0 Å². The molecule has 0 aliphatic carbocycles. The number of fused-ring (bicyclic) bond motifs is 1. The summed E-state index contributed by atoms with van der Waals surface area (Å²) in [4.78, 5) is 40.0. The van der Waals surface area contributed by atoms with E-state index < -0.39 is 146 Å². The number of hydrogen-bond acceptors (Lipinski definition) is 20. The molecule has 5 unspecified atom stereocenters. The number of carbonyl (C=O) groups is 2. The van der Waals surface area contributed by atoms with Gasteiger partial charge >= 0.3 is 11.9 Å². The van der Waals surface area contributed by atoms with Crippen molar-refractivity contribution in [2.24, 2.45) is 0 Å². The predicted molar refractivity (Wildman–Crippen MR) is 178 cm³/mol. The first-order chi connectivity index (χ1) is 25.9. The first kappa shape index (κ1) is 37.5. The Balaban J connectivity index is 1.42. The number of benzene rings is 4. The highest BCUT2D eigenvalue weighted by Gasteiger charge is 2.49. The minimum atomic E-state index is -2.23. The number of aliphatic hydroxyl groups excluding tert-OH is 2. The zero-order valence-electron chi connectivity index (χ0n) is 27.4. The zero-order valence-corrected chi connectivity index (χ0v) is 27.4. The maximum absolute atomic E-state index is 14.0. The molecule has 12 N–H and O–H groups in total. The molecule has 288 valence electrons. The average molecular weight is 769 g/mol. The van der Waals surface area contributed by atoms with Gasteiger partial charge in [-0.1, -0.05) is 0 Å². The predicted octanol–water partition coefficient (Wildman–Crippen LogP) is 1.42. The van der Waals surface area contributed by atoms with Gasteiger partial charge in [-0.2, -0.15) is 0 Å². The summed E-state index contributed by atoms with van der Waals surface area (Å²) in [5, 5.41) is 121. The van der Waals surface area contributed by atoms with Crippen LogP contribution in [0.15, 0.2) is 63.8 Å². The number of rotatable bonds is 8. The van der Waals surface area contributed by atoms with Crippen LogP contribution in [0.4, 0.5) is 0 Å². The van der Waals surface area contributed by atoms with Gasteiger partial charge < -0.3 is 84.6 Å². The van der Waals surface area contributed by atoms with E-state index in [9.17, 15) is 75.7 Å². The molecule has 0 bridgehead atoms. The Labute approximate surface area is 304 Å². The number of phenolic OH excluding ortho intramolecular Hbond substituents is 10. The summed E-state index contributed by atoms with van der Waals surface area (Å²) < 4.78 is 27.9. The van der Waals surface area contributed by atoms with Crippen molar-refractivity contribution in [3.8, 4) is 74.6 Å². The summed E-state index contributed by atoms with van der Waals surface area (Å²) in [5.41, 5.74) is -2.86. The third kappa shape index (κ3) is 7.10. The first-order valence-electron chi connectivity index (χ1n) is 15.6. The minimum Gasteiger partial charge on any atom is -0.508 e. The van der Waals surface area contributed by atoms with Crippen LogP contribution in [0.2, 0.25) is 0 Å². The van der Waals surface area contributed by atoms with E-state index in [2.05, 4.69) is 0 Å². The highest BCUT2D eigenvalue weighted by molar-refractivity contribution is 5.92. The molecule has 0 saturated carbocycles. The lowest BCUT2D eigenvalue weighted by atomic mass is 9.98. The van der Waals surface area contributed by atoms with E-state index in [1.165, 1.54) is 0 Å². The van der Waals surface area contributed by atoms with Gasteiger partial charge in [-0.05, 0) is 42.5 Å². The molecule has 0 amide bonds. The average Bonchev–Trinajstić information content (AvgIpc) is 3.13. The highest BCUT2D eigenvalue weighted by atomic mass is 16.7. The van der Waals surface area contributed by atoms with Gasteiger partial charge in [-0.25, -0.2) is 9.59 Å². The van der Waals surface area contributed by atoms with Crippen molar-refractivity contribution in [2.75, 3.05) is 6.61 Å². The second-order valence-electron chi connectivity index (χ2n) is 12.0. The number of esters is 2. The van der Waals surface area contributed by atoms with E-state index in [-0.39, 0.29) is 5.56 Å². The molecule has 1 aliphatic heterocycles. The number of hydrogen-bond donors (Lipinski definition) is 12. The zero-order chi connectivity index (χ0) is 40.0. The Morgan fingerprint density at radius 1 is 0.655 bits per heavy atom. The molecule has 2 heterocycles. The standard InChI is InChI=1S/C35H28O20/c36-14-8-17(39)24-22(9-14)52-30(11-1-2-15(37)16(38)3-11)31(28(24)47)55-35-32(54-34(50)13-6-20(42)26(45)21(43)7-13)29(48)27(46)23(53-35)10-51-33(49)12-4-18(40)25(44)19(41)5-12/h1-9,23,27,29,32,35-46,48H,10H2. The molecule has 1 aliphatic rings. The second kappa shape index (κ2) is 14.3. The molecule has 55 heavy (non-hydrogen) atoms. The van der Waals surface area contributed by atoms with E-state index in [0.717, 1.165) is 42.5 Å². The van der Waals surface area contributed by atoms with Crippen LogP contribution in [0, 0.1) is 0 Å². The number of aromatic hydroxyl groups is 10. The summed E-state index contributed by atoms with van der Waals surface area (Å²) in [5.74, 6) is -12.4. The van der Waals surface area contributed by atoms with Crippen LogP contribution in [-0.2, 0) is 14.2 Å². The van der Waals surface area contributed by atoms with Gasteiger partial charge in [0.1, 0.15) is 47.4 Å². The molecule has 1 fully saturated rings. The smallest absolute Gasteiger partial charge is 0.339 e. The number of aliphatic hydroxyl groups is 2. The van der Waals surface area contributed by atoms with Crippen LogP contribution in [0.1, 0.15) is 20.7 Å². The fourth-order valence-corrected chi connectivity index (χ4v) is 5.49. The molecule has 5 atom stereocenters. The molecule has 20 heteroatoms. The van der Waals surface area contributed by atoms with Crippen LogP contribution in [-0.4, -0.2) is 111 Å². The molecular weight excluding hydrogens is 740 g/mol. The summed E-state index contributed by atoms with van der Waals surface area (Å²) in [7, 11) is 0.